The van der Waals surface area contributed by atoms with Gasteiger partial charge in [-0.15, -0.1) is 0 Å². The standard InChI is InChI=1S/C38H21N3OS/c1-2-10-22(11-3-1)23-20-21-32-33-34(23)39-38(40-35(33)28-14-6-9-17-31(28)43-32)41-29-15-7-4-12-24(29)26-18-19-27-25-13-5-8-16-30(25)42-37(27)36(26)41/h1-21H. The van der Waals surface area contributed by atoms with Gasteiger partial charge < -0.3 is 4.42 Å². The van der Waals surface area contributed by atoms with Crippen molar-refractivity contribution < 1.29 is 4.42 Å². The first-order chi connectivity index (χ1) is 21.3. The van der Waals surface area contributed by atoms with Gasteiger partial charge in [0, 0.05) is 47.8 Å². The molecule has 0 aliphatic carbocycles. The van der Waals surface area contributed by atoms with E-state index >= 15 is 0 Å². The number of aromatic nitrogens is 3. The topological polar surface area (TPSA) is 43.9 Å². The summed E-state index contributed by atoms with van der Waals surface area (Å²) in [5.74, 6) is 0.637. The van der Waals surface area contributed by atoms with Crippen LogP contribution in [0.25, 0.3) is 83.0 Å². The molecular weight excluding hydrogens is 547 g/mol. The van der Waals surface area contributed by atoms with Crippen LogP contribution in [0.3, 0.4) is 0 Å². The number of hydrogen-bond donors (Lipinski definition) is 0. The fourth-order valence-corrected chi connectivity index (χ4v) is 7.83. The number of hydrogen-bond acceptors (Lipinski definition) is 4. The Hall–Kier alpha value is -5.39. The summed E-state index contributed by atoms with van der Waals surface area (Å²) in [7, 11) is 0. The fourth-order valence-electron chi connectivity index (χ4n) is 6.74. The van der Waals surface area contributed by atoms with Crippen LogP contribution >= 0.6 is 11.8 Å². The molecule has 0 N–H and O–H groups in total. The summed E-state index contributed by atoms with van der Waals surface area (Å²) in [5, 5.41) is 5.55. The molecule has 6 aromatic carbocycles. The van der Waals surface area contributed by atoms with Crippen molar-refractivity contribution in [2.75, 3.05) is 0 Å². The third-order valence-electron chi connectivity index (χ3n) is 8.63. The van der Waals surface area contributed by atoms with E-state index in [0.29, 0.717) is 5.95 Å². The largest absolute Gasteiger partial charge is 0.454 e. The molecule has 1 aliphatic rings. The van der Waals surface area contributed by atoms with Gasteiger partial charge in [-0.2, -0.15) is 0 Å². The number of para-hydroxylation sites is 2. The van der Waals surface area contributed by atoms with Crippen LogP contribution in [-0.2, 0) is 0 Å². The van der Waals surface area contributed by atoms with Gasteiger partial charge in [0.05, 0.1) is 16.7 Å². The molecule has 0 fully saturated rings. The van der Waals surface area contributed by atoms with Crippen LogP contribution < -0.4 is 0 Å². The van der Waals surface area contributed by atoms with Crippen LogP contribution in [0.5, 0.6) is 0 Å². The van der Waals surface area contributed by atoms with Gasteiger partial charge >= 0.3 is 0 Å². The Kier molecular flexibility index (Phi) is 4.62. The molecule has 43 heavy (non-hydrogen) atoms. The second kappa shape index (κ2) is 8.57. The van der Waals surface area contributed by atoms with Crippen LogP contribution in [-0.4, -0.2) is 14.5 Å². The average molecular weight is 568 g/mol. The van der Waals surface area contributed by atoms with Crippen LogP contribution in [0.15, 0.2) is 142 Å². The zero-order chi connectivity index (χ0) is 28.1. The van der Waals surface area contributed by atoms with E-state index in [4.69, 9.17) is 14.4 Å². The third kappa shape index (κ3) is 3.17. The molecule has 0 radical (unpaired) electrons. The van der Waals surface area contributed by atoms with Gasteiger partial charge in [0.1, 0.15) is 11.1 Å². The predicted molar refractivity (Wildman–Crippen MR) is 176 cm³/mol. The monoisotopic (exact) mass is 567 g/mol. The molecule has 0 atom stereocenters. The molecule has 200 valence electrons. The Bertz CT molecular complexity index is 2600. The van der Waals surface area contributed by atoms with Crippen LogP contribution in [0.4, 0.5) is 0 Å². The predicted octanol–water partition coefficient (Wildman–Crippen LogP) is 10.4. The number of fused-ring (bicyclic) bond motifs is 9. The summed E-state index contributed by atoms with van der Waals surface area (Å²) >= 11 is 1.79. The SMILES string of the molecule is c1ccc(-c2ccc3c4c(nc(-n5c6ccccc6c6ccc7c8ccccc8oc7c65)nc24)-c2ccccc2S3)cc1. The number of furan rings is 1. The van der Waals surface area contributed by atoms with Crippen molar-refractivity contribution in [3.8, 4) is 28.3 Å². The molecule has 5 heteroatoms. The highest BCUT2D eigenvalue weighted by molar-refractivity contribution is 7.99. The first-order valence-electron chi connectivity index (χ1n) is 14.3. The van der Waals surface area contributed by atoms with Gasteiger partial charge in [0.15, 0.2) is 5.58 Å². The molecule has 3 aromatic heterocycles. The van der Waals surface area contributed by atoms with Gasteiger partial charge in [-0.1, -0.05) is 109 Å². The zero-order valence-corrected chi connectivity index (χ0v) is 23.6. The molecular formula is C38H21N3OS. The quantitative estimate of drug-likeness (QED) is 0.208. The summed E-state index contributed by atoms with van der Waals surface area (Å²) in [6.07, 6.45) is 0. The fraction of sp³-hybridized carbons (Fsp3) is 0. The van der Waals surface area contributed by atoms with E-state index in [2.05, 4.69) is 120 Å². The molecule has 10 rings (SSSR count). The van der Waals surface area contributed by atoms with E-state index in [9.17, 15) is 0 Å². The molecule has 0 amide bonds. The lowest BCUT2D eigenvalue weighted by Gasteiger charge is -2.21. The van der Waals surface area contributed by atoms with Crippen molar-refractivity contribution in [2.24, 2.45) is 0 Å². The molecule has 4 nitrogen and oxygen atoms in total. The van der Waals surface area contributed by atoms with Crippen molar-refractivity contribution in [2.45, 2.75) is 9.79 Å². The minimum absolute atomic E-state index is 0.637. The van der Waals surface area contributed by atoms with Crippen molar-refractivity contribution in [1.29, 1.82) is 0 Å². The molecule has 0 spiro atoms. The summed E-state index contributed by atoms with van der Waals surface area (Å²) in [5.41, 5.74) is 9.03. The maximum atomic E-state index is 6.60. The lowest BCUT2D eigenvalue weighted by atomic mass is 9.99. The Morgan fingerprint density at radius 3 is 2.26 bits per heavy atom. The minimum Gasteiger partial charge on any atom is -0.454 e. The molecule has 0 saturated heterocycles. The van der Waals surface area contributed by atoms with Gasteiger partial charge in [-0.25, -0.2) is 9.97 Å². The lowest BCUT2D eigenvalue weighted by molar-refractivity contribution is 0.671. The second-order valence-corrected chi connectivity index (χ2v) is 12.0. The zero-order valence-electron chi connectivity index (χ0n) is 22.8. The van der Waals surface area contributed by atoms with Crippen molar-refractivity contribution in [1.82, 2.24) is 14.5 Å². The van der Waals surface area contributed by atoms with Crippen LogP contribution in [0, 0.1) is 0 Å². The molecule has 9 aromatic rings. The summed E-state index contributed by atoms with van der Waals surface area (Å²) in [6.45, 7) is 0. The highest BCUT2D eigenvalue weighted by atomic mass is 32.2. The second-order valence-electron chi connectivity index (χ2n) is 11.0. The highest BCUT2D eigenvalue weighted by Gasteiger charge is 2.26. The van der Waals surface area contributed by atoms with E-state index in [1.54, 1.807) is 11.8 Å². The van der Waals surface area contributed by atoms with E-state index < -0.39 is 0 Å². The maximum absolute atomic E-state index is 6.60. The van der Waals surface area contributed by atoms with E-state index in [0.717, 1.165) is 77.0 Å². The number of benzene rings is 6. The normalized spacial score (nSPS) is 12.6. The Labute approximate surface area is 250 Å². The summed E-state index contributed by atoms with van der Waals surface area (Å²) in [6, 6.07) is 44.6. The van der Waals surface area contributed by atoms with Crippen LogP contribution in [0.2, 0.25) is 0 Å². The molecule has 4 heterocycles. The number of rotatable bonds is 2. The highest BCUT2D eigenvalue weighted by Crippen LogP contribution is 2.49. The van der Waals surface area contributed by atoms with Crippen LogP contribution in [0.1, 0.15) is 0 Å². The molecule has 0 bridgehead atoms. The third-order valence-corrected chi connectivity index (χ3v) is 9.76. The van der Waals surface area contributed by atoms with Gasteiger partial charge in [0.25, 0.3) is 0 Å². The average Bonchev–Trinajstić information content (AvgIpc) is 3.61. The van der Waals surface area contributed by atoms with Gasteiger partial charge in [-0.05, 0) is 35.9 Å². The molecule has 1 aliphatic heterocycles. The Morgan fingerprint density at radius 1 is 0.558 bits per heavy atom. The minimum atomic E-state index is 0.637. The molecule has 0 saturated carbocycles. The number of nitrogens with zero attached hydrogens (tertiary/aromatic N) is 3. The summed E-state index contributed by atoms with van der Waals surface area (Å²) in [4.78, 5) is 13.2. The van der Waals surface area contributed by atoms with Crippen molar-refractivity contribution in [3.05, 3.63) is 127 Å². The first kappa shape index (κ1) is 23.2. The van der Waals surface area contributed by atoms with Crippen molar-refractivity contribution in [3.63, 3.8) is 0 Å². The maximum Gasteiger partial charge on any atom is 0.235 e. The van der Waals surface area contributed by atoms with Crippen molar-refractivity contribution >= 4 is 66.4 Å². The Morgan fingerprint density at radius 2 is 1.33 bits per heavy atom. The van der Waals surface area contributed by atoms with E-state index in [-0.39, 0.29) is 0 Å². The molecule has 0 unspecified atom stereocenters. The smallest absolute Gasteiger partial charge is 0.235 e. The first-order valence-corrected chi connectivity index (χ1v) is 15.2. The Balaban J connectivity index is 1.40. The van der Waals surface area contributed by atoms with E-state index in [1.807, 2.05) is 12.1 Å². The van der Waals surface area contributed by atoms with Gasteiger partial charge in [-0.3, -0.25) is 4.57 Å². The van der Waals surface area contributed by atoms with Gasteiger partial charge in [0.2, 0.25) is 5.95 Å². The van der Waals surface area contributed by atoms with E-state index in [1.165, 1.54) is 9.79 Å². The lowest BCUT2D eigenvalue weighted by Crippen LogP contribution is -2.06. The summed E-state index contributed by atoms with van der Waals surface area (Å²) < 4.78 is 8.81.